The Balaban J connectivity index is 1.66. The summed E-state index contributed by atoms with van der Waals surface area (Å²) in [5.41, 5.74) is 0. The van der Waals surface area contributed by atoms with Crippen LogP contribution >= 0.6 is 0 Å². The summed E-state index contributed by atoms with van der Waals surface area (Å²) in [5.74, 6) is 1.77. The van der Waals surface area contributed by atoms with Gasteiger partial charge in [-0.3, -0.25) is 0 Å². The van der Waals surface area contributed by atoms with Crippen LogP contribution in [0.3, 0.4) is 0 Å². The fourth-order valence-corrected chi connectivity index (χ4v) is 2.46. The van der Waals surface area contributed by atoms with Gasteiger partial charge in [0, 0.05) is 18.8 Å². The van der Waals surface area contributed by atoms with Crippen molar-refractivity contribution < 1.29 is 5.11 Å². The van der Waals surface area contributed by atoms with Crippen molar-refractivity contribution in [2.24, 2.45) is 5.92 Å². The number of hydrogen-bond acceptors (Lipinski definition) is 2. The van der Waals surface area contributed by atoms with Gasteiger partial charge in [-0.1, -0.05) is 25.7 Å². The van der Waals surface area contributed by atoms with Crippen molar-refractivity contribution in [2.75, 3.05) is 0 Å². The molecule has 3 nitrogen and oxygen atoms in total. The standard InChI is InChI=1S/C12H20N2O/c15-11(9-12-13-7-8-14-12)6-5-10-3-1-2-4-10/h7-8,10-11,15H,1-6,9H2,(H,13,14). The zero-order valence-electron chi connectivity index (χ0n) is 9.15. The Labute approximate surface area is 90.9 Å². The number of aromatic amines is 1. The predicted molar refractivity (Wildman–Crippen MR) is 59.5 cm³/mol. The molecule has 1 aromatic heterocycles. The Morgan fingerprint density at radius 2 is 2.27 bits per heavy atom. The van der Waals surface area contributed by atoms with Crippen LogP contribution in [0.15, 0.2) is 12.4 Å². The number of nitrogens with one attached hydrogen (secondary N) is 1. The van der Waals surface area contributed by atoms with Crippen molar-refractivity contribution in [3.8, 4) is 0 Å². The number of H-pyrrole nitrogens is 1. The summed E-state index contributed by atoms with van der Waals surface area (Å²) in [5, 5.41) is 9.82. The first-order chi connectivity index (χ1) is 7.34. The third-order valence-electron chi connectivity index (χ3n) is 3.37. The molecule has 3 heteroatoms. The lowest BCUT2D eigenvalue weighted by Crippen LogP contribution is -2.13. The molecule has 84 valence electrons. The van der Waals surface area contributed by atoms with Crippen LogP contribution in [0.5, 0.6) is 0 Å². The van der Waals surface area contributed by atoms with Gasteiger partial charge in [0.2, 0.25) is 0 Å². The number of hydrogen-bond donors (Lipinski definition) is 2. The molecular weight excluding hydrogens is 188 g/mol. The van der Waals surface area contributed by atoms with Gasteiger partial charge >= 0.3 is 0 Å². The van der Waals surface area contributed by atoms with Crippen LogP contribution in [-0.4, -0.2) is 21.2 Å². The van der Waals surface area contributed by atoms with E-state index >= 15 is 0 Å². The molecule has 1 aliphatic rings. The predicted octanol–water partition coefficient (Wildman–Crippen LogP) is 2.28. The molecule has 1 unspecified atom stereocenters. The van der Waals surface area contributed by atoms with E-state index in [1.54, 1.807) is 12.4 Å². The first-order valence-corrected chi connectivity index (χ1v) is 6.01. The maximum atomic E-state index is 9.82. The van der Waals surface area contributed by atoms with E-state index in [1.807, 2.05) is 0 Å². The van der Waals surface area contributed by atoms with Gasteiger partial charge in [0.25, 0.3) is 0 Å². The molecule has 15 heavy (non-hydrogen) atoms. The largest absolute Gasteiger partial charge is 0.393 e. The van der Waals surface area contributed by atoms with Crippen molar-refractivity contribution in [1.82, 2.24) is 9.97 Å². The molecule has 1 heterocycles. The highest BCUT2D eigenvalue weighted by molar-refractivity contribution is 4.89. The molecule has 0 aliphatic heterocycles. The number of imidazole rings is 1. The Morgan fingerprint density at radius 1 is 1.47 bits per heavy atom. The van der Waals surface area contributed by atoms with Gasteiger partial charge < -0.3 is 10.1 Å². The van der Waals surface area contributed by atoms with E-state index in [0.29, 0.717) is 6.42 Å². The van der Waals surface area contributed by atoms with E-state index in [2.05, 4.69) is 9.97 Å². The third-order valence-corrected chi connectivity index (χ3v) is 3.37. The van der Waals surface area contributed by atoms with Crippen LogP contribution in [0.25, 0.3) is 0 Å². The topological polar surface area (TPSA) is 48.9 Å². The number of aliphatic hydroxyl groups excluding tert-OH is 1. The lowest BCUT2D eigenvalue weighted by Gasteiger charge is -2.12. The van der Waals surface area contributed by atoms with Gasteiger partial charge in [-0.2, -0.15) is 0 Å². The van der Waals surface area contributed by atoms with Crippen LogP contribution in [0, 0.1) is 5.92 Å². The summed E-state index contributed by atoms with van der Waals surface area (Å²) in [4.78, 5) is 7.15. The molecule has 1 aromatic rings. The number of aromatic nitrogens is 2. The monoisotopic (exact) mass is 208 g/mol. The second-order valence-corrected chi connectivity index (χ2v) is 4.62. The van der Waals surface area contributed by atoms with Gasteiger partial charge in [0.05, 0.1) is 6.10 Å². The molecule has 0 aromatic carbocycles. The zero-order chi connectivity index (χ0) is 10.5. The molecule has 1 saturated carbocycles. The highest BCUT2D eigenvalue weighted by Crippen LogP contribution is 2.29. The molecule has 1 fully saturated rings. The Bertz CT molecular complexity index is 265. The SMILES string of the molecule is OC(CCC1CCCC1)Cc1ncc[nH]1. The summed E-state index contributed by atoms with van der Waals surface area (Å²) < 4.78 is 0. The van der Waals surface area contributed by atoms with E-state index in [4.69, 9.17) is 0 Å². The van der Waals surface area contributed by atoms with Gasteiger partial charge in [0.15, 0.2) is 0 Å². The second kappa shape index (κ2) is 5.31. The lowest BCUT2D eigenvalue weighted by molar-refractivity contribution is 0.153. The Morgan fingerprint density at radius 3 is 2.93 bits per heavy atom. The van der Waals surface area contributed by atoms with Gasteiger partial charge in [-0.05, 0) is 18.8 Å². The Kier molecular flexibility index (Phi) is 3.78. The summed E-state index contributed by atoms with van der Waals surface area (Å²) in [6.07, 6.45) is 11.6. The second-order valence-electron chi connectivity index (χ2n) is 4.62. The molecule has 2 rings (SSSR count). The molecule has 1 aliphatic carbocycles. The minimum atomic E-state index is -0.225. The quantitative estimate of drug-likeness (QED) is 0.780. The van der Waals surface area contributed by atoms with E-state index in [0.717, 1.165) is 18.2 Å². The number of rotatable bonds is 5. The van der Waals surface area contributed by atoms with E-state index in [1.165, 1.54) is 32.1 Å². The minimum absolute atomic E-state index is 0.225. The van der Waals surface area contributed by atoms with Crippen LogP contribution in [0.1, 0.15) is 44.3 Å². The van der Waals surface area contributed by atoms with Gasteiger partial charge in [-0.15, -0.1) is 0 Å². The molecule has 1 atom stereocenters. The summed E-state index contributed by atoms with van der Waals surface area (Å²) in [6.45, 7) is 0. The first-order valence-electron chi connectivity index (χ1n) is 6.01. The molecule has 0 amide bonds. The fraction of sp³-hybridized carbons (Fsp3) is 0.750. The molecular formula is C12H20N2O. The van der Waals surface area contributed by atoms with Crippen molar-refractivity contribution in [1.29, 1.82) is 0 Å². The van der Waals surface area contributed by atoms with Crippen molar-refractivity contribution >= 4 is 0 Å². The average molecular weight is 208 g/mol. The van der Waals surface area contributed by atoms with E-state index in [9.17, 15) is 5.11 Å². The normalized spacial score (nSPS) is 19.5. The van der Waals surface area contributed by atoms with Crippen molar-refractivity contribution in [3.63, 3.8) is 0 Å². The van der Waals surface area contributed by atoms with Crippen molar-refractivity contribution in [2.45, 2.75) is 51.0 Å². The number of aliphatic hydroxyl groups is 1. The van der Waals surface area contributed by atoms with E-state index in [-0.39, 0.29) is 6.10 Å². The highest BCUT2D eigenvalue weighted by atomic mass is 16.3. The summed E-state index contributed by atoms with van der Waals surface area (Å²) in [6, 6.07) is 0. The molecule has 0 bridgehead atoms. The molecule has 0 spiro atoms. The van der Waals surface area contributed by atoms with Crippen LogP contribution in [0.4, 0.5) is 0 Å². The minimum Gasteiger partial charge on any atom is -0.393 e. The van der Waals surface area contributed by atoms with Crippen LogP contribution in [0.2, 0.25) is 0 Å². The third kappa shape index (κ3) is 3.34. The molecule has 0 saturated heterocycles. The van der Waals surface area contributed by atoms with Crippen LogP contribution in [-0.2, 0) is 6.42 Å². The highest BCUT2D eigenvalue weighted by Gasteiger charge is 2.16. The lowest BCUT2D eigenvalue weighted by atomic mass is 9.98. The number of nitrogens with zero attached hydrogens (tertiary/aromatic N) is 1. The zero-order valence-corrected chi connectivity index (χ0v) is 9.15. The first kappa shape index (κ1) is 10.7. The average Bonchev–Trinajstić information content (AvgIpc) is 2.86. The van der Waals surface area contributed by atoms with E-state index < -0.39 is 0 Å². The smallest absolute Gasteiger partial charge is 0.108 e. The fourth-order valence-electron chi connectivity index (χ4n) is 2.46. The summed E-state index contributed by atoms with van der Waals surface area (Å²) >= 11 is 0. The van der Waals surface area contributed by atoms with Gasteiger partial charge in [0.1, 0.15) is 5.82 Å². The Hall–Kier alpha value is -0.830. The van der Waals surface area contributed by atoms with Gasteiger partial charge in [-0.25, -0.2) is 4.98 Å². The maximum absolute atomic E-state index is 9.82. The molecule has 2 N–H and O–H groups in total. The molecule has 0 radical (unpaired) electrons. The summed E-state index contributed by atoms with van der Waals surface area (Å²) in [7, 11) is 0. The van der Waals surface area contributed by atoms with Crippen LogP contribution < -0.4 is 0 Å². The maximum Gasteiger partial charge on any atom is 0.108 e. The van der Waals surface area contributed by atoms with Crippen molar-refractivity contribution in [3.05, 3.63) is 18.2 Å².